The van der Waals surface area contributed by atoms with Crippen LogP contribution in [-0.4, -0.2) is 23.0 Å². The van der Waals surface area contributed by atoms with Crippen molar-refractivity contribution < 1.29 is 86.2 Å². The Morgan fingerprint density at radius 1 is 0.720 bits per heavy atom. The molecular weight excluding hydrogens is 342 g/mol. The van der Waals surface area contributed by atoms with E-state index in [0.29, 0.717) is 6.42 Å². The molecule has 0 aromatic carbocycles. The summed E-state index contributed by atoms with van der Waals surface area (Å²) < 4.78 is 4.59. The Morgan fingerprint density at radius 2 is 1.12 bits per heavy atom. The van der Waals surface area contributed by atoms with Crippen LogP contribution in [0.5, 0.6) is 0 Å². The number of unbranched alkanes of at least 4 members (excludes halogenated alkanes) is 8. The predicted octanol–water partition coefficient (Wildman–Crippen LogP) is -0.899. The van der Waals surface area contributed by atoms with Crippen molar-refractivity contribution in [2.24, 2.45) is 0 Å². The molecule has 0 aromatic heterocycles. The second-order valence-corrected chi connectivity index (χ2v) is 5.53. The van der Waals surface area contributed by atoms with Crippen LogP contribution in [0.1, 0.15) is 101 Å². The standard InChI is InChI=1S/C15H28O3.C3H6O2.2Na.2H/c1-3-5-6-7-8-9-10-11-12-13-15(17)18-14(16)4-2;1-2-3(4)5;;;;/h3-13H2,1-2H3;2H2,1H3,(H,4,5);;;;/q;;2*+1;2*-1. The number of carboxylic acids is 1. The van der Waals surface area contributed by atoms with E-state index in [1.54, 1.807) is 13.8 Å². The van der Waals surface area contributed by atoms with Gasteiger partial charge in [-0.2, -0.15) is 0 Å². The van der Waals surface area contributed by atoms with E-state index in [1.165, 1.54) is 44.9 Å². The number of aliphatic carboxylic acids is 1. The second kappa shape index (κ2) is 26.8. The summed E-state index contributed by atoms with van der Waals surface area (Å²) in [4.78, 5) is 31.4. The van der Waals surface area contributed by atoms with Gasteiger partial charge in [0, 0.05) is 19.3 Å². The molecule has 0 aromatic rings. The van der Waals surface area contributed by atoms with Gasteiger partial charge in [-0.3, -0.25) is 14.4 Å². The monoisotopic (exact) mass is 378 g/mol. The molecule has 1 N–H and O–H groups in total. The number of hydrogen-bond donors (Lipinski definition) is 1. The summed E-state index contributed by atoms with van der Waals surface area (Å²) in [6.07, 6.45) is 11.8. The molecule has 0 aliphatic heterocycles. The third-order valence-electron chi connectivity index (χ3n) is 3.30. The third-order valence-corrected chi connectivity index (χ3v) is 3.30. The average molecular weight is 378 g/mol. The van der Waals surface area contributed by atoms with Gasteiger partial charge in [0.15, 0.2) is 0 Å². The summed E-state index contributed by atoms with van der Waals surface area (Å²) in [5, 5.41) is 7.72. The molecule has 0 amide bonds. The van der Waals surface area contributed by atoms with Crippen molar-refractivity contribution >= 4 is 17.9 Å². The van der Waals surface area contributed by atoms with Gasteiger partial charge in [-0.05, 0) is 6.42 Å². The average Bonchev–Trinajstić information content (AvgIpc) is 2.53. The van der Waals surface area contributed by atoms with Crippen molar-refractivity contribution in [2.75, 3.05) is 0 Å². The van der Waals surface area contributed by atoms with Crippen molar-refractivity contribution in [1.82, 2.24) is 0 Å². The number of ether oxygens (including phenoxy) is 1. The van der Waals surface area contributed by atoms with E-state index in [-0.39, 0.29) is 80.8 Å². The summed E-state index contributed by atoms with van der Waals surface area (Å²) in [6.45, 7) is 5.51. The maximum atomic E-state index is 11.2. The number of hydrogen-bond acceptors (Lipinski definition) is 4. The van der Waals surface area contributed by atoms with Gasteiger partial charge in [0.25, 0.3) is 0 Å². The molecule has 0 rings (SSSR count). The molecule has 0 saturated heterocycles. The van der Waals surface area contributed by atoms with Crippen LogP contribution in [0, 0.1) is 0 Å². The molecule has 0 heterocycles. The van der Waals surface area contributed by atoms with Crippen LogP contribution in [0.15, 0.2) is 0 Å². The van der Waals surface area contributed by atoms with E-state index < -0.39 is 11.9 Å². The number of esters is 2. The van der Waals surface area contributed by atoms with Crippen LogP contribution in [0.25, 0.3) is 0 Å². The smallest absolute Gasteiger partial charge is 1.00 e. The van der Waals surface area contributed by atoms with Gasteiger partial charge in [-0.25, -0.2) is 0 Å². The van der Waals surface area contributed by atoms with E-state index in [0.717, 1.165) is 12.8 Å². The first-order chi connectivity index (χ1) is 11.0. The van der Waals surface area contributed by atoms with Gasteiger partial charge in [-0.1, -0.05) is 72.1 Å². The van der Waals surface area contributed by atoms with Crippen LogP contribution in [0.2, 0.25) is 0 Å². The molecule has 25 heavy (non-hydrogen) atoms. The zero-order valence-corrected chi connectivity index (χ0v) is 21.1. The topological polar surface area (TPSA) is 80.7 Å². The molecule has 0 aliphatic rings. The molecule has 0 spiro atoms. The maximum Gasteiger partial charge on any atom is 1.00 e. The first-order valence-corrected chi connectivity index (χ1v) is 8.93. The summed E-state index contributed by atoms with van der Waals surface area (Å²) in [6, 6.07) is 0. The molecule has 5 nitrogen and oxygen atoms in total. The van der Waals surface area contributed by atoms with Crippen LogP contribution in [0.4, 0.5) is 0 Å². The number of carbonyl (C=O) groups is 3. The number of rotatable bonds is 12. The van der Waals surface area contributed by atoms with Crippen molar-refractivity contribution in [3.63, 3.8) is 0 Å². The van der Waals surface area contributed by atoms with Crippen molar-refractivity contribution in [2.45, 2.75) is 97.8 Å². The van der Waals surface area contributed by atoms with Gasteiger partial charge in [0.1, 0.15) is 0 Å². The Hall–Kier alpha value is 0.610. The largest absolute Gasteiger partial charge is 1.00 e. The predicted molar refractivity (Wildman–Crippen MR) is 93.4 cm³/mol. The fourth-order valence-electron chi connectivity index (χ4n) is 1.83. The normalized spacial score (nSPS) is 8.92. The molecule has 7 heteroatoms. The van der Waals surface area contributed by atoms with Gasteiger partial charge in [-0.15, -0.1) is 0 Å². The van der Waals surface area contributed by atoms with Gasteiger partial charge >= 0.3 is 77.0 Å². The Kier molecular flexibility index (Phi) is 35.7. The molecule has 0 aliphatic carbocycles. The SMILES string of the molecule is CCC(=O)O.CCCCCCCCCCCC(=O)OC(=O)CC.[H-].[H-].[Na+].[Na+]. The summed E-state index contributed by atoms with van der Waals surface area (Å²) in [5.41, 5.74) is 0. The molecule has 0 saturated carbocycles. The molecule has 0 radical (unpaired) electrons. The molecule has 0 fully saturated rings. The maximum absolute atomic E-state index is 11.2. The third kappa shape index (κ3) is 32.7. The molecular formula is C18H36Na2O5. The summed E-state index contributed by atoms with van der Waals surface area (Å²) in [7, 11) is 0. The van der Waals surface area contributed by atoms with Crippen LogP contribution >= 0.6 is 0 Å². The summed E-state index contributed by atoms with van der Waals surface area (Å²) >= 11 is 0. The first kappa shape index (κ1) is 33.2. The van der Waals surface area contributed by atoms with E-state index in [2.05, 4.69) is 11.7 Å². The zero-order chi connectivity index (χ0) is 17.9. The Balaban J connectivity index is -0.000000109. The summed E-state index contributed by atoms with van der Waals surface area (Å²) in [5.74, 6) is -1.54. The van der Waals surface area contributed by atoms with Crippen molar-refractivity contribution in [3.8, 4) is 0 Å². The Labute approximate surface area is 200 Å². The van der Waals surface area contributed by atoms with Gasteiger partial charge in [0.05, 0.1) is 0 Å². The zero-order valence-electron chi connectivity index (χ0n) is 19.1. The minimum absolute atomic E-state index is 0. The van der Waals surface area contributed by atoms with Gasteiger partial charge in [0.2, 0.25) is 0 Å². The Morgan fingerprint density at radius 3 is 1.48 bits per heavy atom. The van der Waals surface area contributed by atoms with E-state index >= 15 is 0 Å². The van der Waals surface area contributed by atoms with Crippen LogP contribution < -0.4 is 59.1 Å². The van der Waals surface area contributed by atoms with Gasteiger partial charge < -0.3 is 12.7 Å². The van der Waals surface area contributed by atoms with Crippen LogP contribution in [-0.2, 0) is 19.1 Å². The minimum atomic E-state index is -0.745. The van der Waals surface area contributed by atoms with E-state index in [1.807, 2.05) is 0 Å². The van der Waals surface area contributed by atoms with E-state index in [4.69, 9.17) is 5.11 Å². The Bertz CT molecular complexity index is 333. The number of carbonyl (C=O) groups excluding carboxylic acids is 2. The molecule has 0 unspecified atom stereocenters. The van der Waals surface area contributed by atoms with E-state index in [9.17, 15) is 14.4 Å². The molecule has 0 atom stereocenters. The second-order valence-electron chi connectivity index (χ2n) is 5.53. The van der Waals surface area contributed by atoms with Crippen molar-refractivity contribution in [1.29, 1.82) is 0 Å². The minimum Gasteiger partial charge on any atom is -1.00 e. The molecule has 140 valence electrons. The van der Waals surface area contributed by atoms with Crippen LogP contribution in [0.3, 0.4) is 0 Å². The molecule has 0 bridgehead atoms. The first-order valence-electron chi connectivity index (χ1n) is 8.93. The van der Waals surface area contributed by atoms with Crippen molar-refractivity contribution in [3.05, 3.63) is 0 Å². The quantitative estimate of drug-likeness (QED) is 0.206. The fourth-order valence-corrected chi connectivity index (χ4v) is 1.83. The number of carboxylic acid groups (broad SMARTS) is 1. The fraction of sp³-hybridized carbons (Fsp3) is 0.833.